The highest BCUT2D eigenvalue weighted by atomic mass is 15.0. The molecule has 1 aliphatic rings. The van der Waals surface area contributed by atoms with Crippen molar-refractivity contribution in [3.05, 3.63) is 35.4 Å². The summed E-state index contributed by atoms with van der Waals surface area (Å²) in [5.74, 6) is 0.816. The molecule has 0 heterocycles. The van der Waals surface area contributed by atoms with Crippen LogP contribution in [0.4, 0.5) is 0 Å². The van der Waals surface area contributed by atoms with E-state index < -0.39 is 0 Å². The summed E-state index contributed by atoms with van der Waals surface area (Å²) in [6.07, 6.45) is 5.96. The lowest BCUT2D eigenvalue weighted by Crippen LogP contribution is -2.18. The number of rotatable bonds is 3. The van der Waals surface area contributed by atoms with Crippen LogP contribution in [0.2, 0.25) is 0 Å². The summed E-state index contributed by atoms with van der Waals surface area (Å²) in [4.78, 5) is 4.68. The number of fused-ring (bicyclic) bond motifs is 1. The van der Waals surface area contributed by atoms with Crippen molar-refractivity contribution >= 4 is 5.84 Å². The van der Waals surface area contributed by atoms with Crippen LogP contribution in [0.1, 0.15) is 43.4 Å². The molecule has 1 aliphatic carbocycles. The molecule has 88 valence electrons. The van der Waals surface area contributed by atoms with E-state index in [2.05, 4.69) is 41.5 Å². The second-order valence-electron chi connectivity index (χ2n) is 4.32. The molecule has 1 unspecified atom stereocenters. The monoisotopic (exact) mass is 227 g/mol. The van der Waals surface area contributed by atoms with Crippen molar-refractivity contribution in [2.75, 3.05) is 0 Å². The molecule has 0 bridgehead atoms. The summed E-state index contributed by atoms with van der Waals surface area (Å²) >= 11 is 0. The average molecular weight is 227 g/mol. The fourth-order valence-corrected chi connectivity index (χ4v) is 2.32. The van der Waals surface area contributed by atoms with Gasteiger partial charge in [0.25, 0.3) is 0 Å². The molecule has 0 amide bonds. The summed E-state index contributed by atoms with van der Waals surface area (Å²) in [6, 6.07) is 8.68. The van der Waals surface area contributed by atoms with E-state index in [9.17, 15) is 0 Å². The van der Waals surface area contributed by atoms with Crippen LogP contribution in [-0.2, 0) is 6.42 Å². The normalized spacial score (nSPS) is 18.6. The lowest BCUT2D eigenvalue weighted by molar-refractivity contribution is 0.706. The molecular weight excluding hydrogens is 210 g/mol. The van der Waals surface area contributed by atoms with Crippen LogP contribution in [-0.4, -0.2) is 5.84 Å². The first-order valence-corrected chi connectivity index (χ1v) is 6.14. The van der Waals surface area contributed by atoms with Crippen molar-refractivity contribution in [2.24, 2.45) is 4.99 Å². The minimum Gasteiger partial charge on any atom is -0.281 e. The lowest BCUT2D eigenvalue weighted by atomic mass is 10.1. The first-order chi connectivity index (χ1) is 8.35. The van der Waals surface area contributed by atoms with Crippen LogP contribution >= 0.6 is 0 Å². The highest BCUT2D eigenvalue weighted by molar-refractivity contribution is 5.83. The van der Waals surface area contributed by atoms with E-state index >= 15 is 0 Å². The zero-order valence-corrected chi connectivity index (χ0v) is 10.1. The third kappa shape index (κ3) is 2.65. The first kappa shape index (κ1) is 11.7. The van der Waals surface area contributed by atoms with Crippen molar-refractivity contribution in [1.29, 1.82) is 5.26 Å². The van der Waals surface area contributed by atoms with Crippen LogP contribution < -0.4 is 5.32 Å². The highest BCUT2D eigenvalue weighted by Crippen LogP contribution is 2.33. The van der Waals surface area contributed by atoms with E-state index in [0.29, 0.717) is 0 Å². The molecule has 1 aromatic rings. The Kier molecular flexibility index (Phi) is 3.77. The zero-order chi connectivity index (χ0) is 12.1. The van der Waals surface area contributed by atoms with Gasteiger partial charge in [-0.2, -0.15) is 5.26 Å². The smallest absolute Gasteiger partial charge is 0.182 e. The summed E-state index contributed by atoms with van der Waals surface area (Å²) in [6.45, 7) is 2.09. The Morgan fingerprint density at radius 1 is 1.53 bits per heavy atom. The maximum Gasteiger partial charge on any atom is 0.182 e. The van der Waals surface area contributed by atoms with E-state index in [1.54, 1.807) is 0 Å². The predicted octanol–water partition coefficient (Wildman–Crippen LogP) is 2.94. The Bertz CT molecular complexity index is 457. The molecule has 0 saturated heterocycles. The maximum absolute atomic E-state index is 8.69. The molecule has 3 nitrogen and oxygen atoms in total. The summed E-state index contributed by atoms with van der Waals surface area (Å²) in [5, 5.41) is 11.4. The molecule has 0 spiro atoms. The van der Waals surface area contributed by atoms with Crippen LogP contribution in [0.15, 0.2) is 29.3 Å². The standard InChI is InChI=1S/C14H17N3/c1-2-5-14(16-10-15)17-13-9-8-11-6-3-4-7-12(11)13/h3-4,6-7,13H,2,5,8-9H2,1H3,(H,16,17). The summed E-state index contributed by atoms with van der Waals surface area (Å²) in [7, 11) is 0. The van der Waals surface area contributed by atoms with Gasteiger partial charge in [-0.1, -0.05) is 31.2 Å². The van der Waals surface area contributed by atoms with Crippen molar-refractivity contribution in [3.63, 3.8) is 0 Å². The molecule has 2 rings (SSSR count). The van der Waals surface area contributed by atoms with Gasteiger partial charge in [-0.15, -0.1) is 0 Å². The zero-order valence-electron chi connectivity index (χ0n) is 10.1. The van der Waals surface area contributed by atoms with E-state index in [-0.39, 0.29) is 6.04 Å². The van der Waals surface area contributed by atoms with Crippen molar-refractivity contribution in [3.8, 4) is 6.19 Å². The number of nitrogens with one attached hydrogen (secondary N) is 1. The third-order valence-electron chi connectivity index (χ3n) is 3.10. The largest absolute Gasteiger partial charge is 0.281 e. The molecule has 0 aliphatic heterocycles. The summed E-state index contributed by atoms with van der Waals surface area (Å²) in [5.41, 5.74) is 2.72. The first-order valence-electron chi connectivity index (χ1n) is 6.14. The maximum atomic E-state index is 8.69. The number of benzene rings is 1. The second-order valence-corrected chi connectivity index (χ2v) is 4.32. The SMILES string of the molecule is CCCC(=NC1CCc2ccccc21)NC#N. The number of nitriles is 1. The quantitative estimate of drug-likeness (QED) is 0.373. The molecule has 1 atom stereocenters. The molecule has 1 aromatic carbocycles. The molecule has 0 radical (unpaired) electrons. The van der Waals surface area contributed by atoms with E-state index in [0.717, 1.165) is 31.5 Å². The van der Waals surface area contributed by atoms with Gasteiger partial charge in [0, 0.05) is 6.42 Å². The predicted molar refractivity (Wildman–Crippen MR) is 68.6 cm³/mol. The average Bonchev–Trinajstić information content (AvgIpc) is 2.74. The van der Waals surface area contributed by atoms with Gasteiger partial charge in [0.1, 0.15) is 5.84 Å². The summed E-state index contributed by atoms with van der Waals surface area (Å²) < 4.78 is 0. The van der Waals surface area contributed by atoms with Crippen LogP contribution in [0.3, 0.4) is 0 Å². The number of amidine groups is 1. The Morgan fingerprint density at radius 2 is 2.35 bits per heavy atom. The van der Waals surface area contributed by atoms with Crippen LogP contribution in [0.5, 0.6) is 0 Å². The van der Waals surface area contributed by atoms with Crippen molar-refractivity contribution in [2.45, 2.75) is 38.6 Å². The Morgan fingerprint density at radius 3 is 3.12 bits per heavy atom. The fraction of sp³-hybridized carbons (Fsp3) is 0.429. The minimum atomic E-state index is 0.230. The van der Waals surface area contributed by atoms with E-state index in [1.165, 1.54) is 11.1 Å². The van der Waals surface area contributed by atoms with E-state index in [4.69, 9.17) is 5.26 Å². The van der Waals surface area contributed by atoms with Crippen molar-refractivity contribution < 1.29 is 0 Å². The van der Waals surface area contributed by atoms with Gasteiger partial charge >= 0.3 is 0 Å². The second kappa shape index (κ2) is 5.49. The van der Waals surface area contributed by atoms with Gasteiger partial charge in [0.15, 0.2) is 6.19 Å². The van der Waals surface area contributed by atoms with Crippen molar-refractivity contribution in [1.82, 2.24) is 5.32 Å². The fourth-order valence-electron chi connectivity index (χ4n) is 2.32. The highest BCUT2D eigenvalue weighted by Gasteiger charge is 2.21. The molecule has 3 heteroatoms. The number of aryl methyl sites for hydroxylation is 1. The topological polar surface area (TPSA) is 48.2 Å². The van der Waals surface area contributed by atoms with Gasteiger partial charge in [-0.25, -0.2) is 0 Å². The number of nitrogens with zero attached hydrogens (tertiary/aromatic N) is 2. The third-order valence-corrected chi connectivity index (χ3v) is 3.10. The number of hydrogen-bond acceptors (Lipinski definition) is 2. The Hall–Kier alpha value is -1.82. The molecule has 0 saturated carbocycles. The van der Waals surface area contributed by atoms with Gasteiger partial charge in [-0.3, -0.25) is 10.3 Å². The van der Waals surface area contributed by atoms with Gasteiger partial charge in [-0.05, 0) is 30.4 Å². The molecular formula is C14H17N3. The molecule has 0 fully saturated rings. The Balaban J connectivity index is 2.19. The molecule has 0 aromatic heterocycles. The lowest BCUT2D eigenvalue weighted by Gasteiger charge is -2.09. The number of aliphatic imine (C=N–C) groups is 1. The minimum absolute atomic E-state index is 0.230. The van der Waals surface area contributed by atoms with Crippen LogP contribution in [0, 0.1) is 11.5 Å². The van der Waals surface area contributed by atoms with E-state index in [1.807, 2.05) is 6.19 Å². The number of hydrogen-bond donors (Lipinski definition) is 1. The molecule has 1 N–H and O–H groups in total. The van der Waals surface area contributed by atoms with Gasteiger partial charge in [0.2, 0.25) is 0 Å². The molecule has 17 heavy (non-hydrogen) atoms. The van der Waals surface area contributed by atoms with Gasteiger partial charge in [0.05, 0.1) is 6.04 Å². The Labute approximate surface area is 102 Å². The van der Waals surface area contributed by atoms with Gasteiger partial charge < -0.3 is 0 Å². The van der Waals surface area contributed by atoms with Crippen LogP contribution in [0.25, 0.3) is 0 Å².